The molecule has 1 amide bonds. The third-order valence-electron chi connectivity index (χ3n) is 3.16. The van der Waals surface area contributed by atoms with Gasteiger partial charge in [0.05, 0.1) is 13.0 Å². The van der Waals surface area contributed by atoms with E-state index in [9.17, 15) is 4.79 Å². The Hall–Kier alpha value is -1.71. The summed E-state index contributed by atoms with van der Waals surface area (Å²) in [6.07, 6.45) is 2.62. The maximum Gasteiger partial charge on any atom is 0.223 e. The second-order valence-corrected chi connectivity index (χ2v) is 4.87. The number of ether oxygens (including phenoxy) is 1. The normalized spacial score (nSPS) is 14.3. The molecule has 0 bridgehead atoms. The van der Waals surface area contributed by atoms with Gasteiger partial charge < -0.3 is 15.8 Å². The molecule has 0 heterocycles. The number of benzene rings is 1. The first-order chi connectivity index (χ1) is 8.58. The van der Waals surface area contributed by atoms with Gasteiger partial charge in [0, 0.05) is 17.3 Å². The average molecular weight is 248 g/mol. The predicted molar refractivity (Wildman–Crippen MR) is 71.6 cm³/mol. The van der Waals surface area contributed by atoms with Crippen molar-refractivity contribution >= 4 is 11.6 Å². The molecule has 4 nitrogen and oxygen atoms in total. The topological polar surface area (TPSA) is 64.3 Å². The lowest BCUT2D eigenvalue weighted by Crippen LogP contribution is -2.26. The van der Waals surface area contributed by atoms with Gasteiger partial charge in [-0.05, 0) is 38.3 Å². The quantitative estimate of drug-likeness (QED) is 0.783. The highest BCUT2D eigenvalue weighted by Gasteiger charge is 2.22. The fourth-order valence-electron chi connectivity index (χ4n) is 1.84. The molecule has 1 fully saturated rings. The SMILES string of the molecule is Cc1ccc(N)c(C)c1OCCC(=O)NC1CC1. The Labute approximate surface area is 108 Å². The molecule has 1 aromatic carbocycles. The Kier molecular flexibility index (Phi) is 3.75. The first-order valence-corrected chi connectivity index (χ1v) is 6.36. The molecule has 0 aliphatic heterocycles. The van der Waals surface area contributed by atoms with Crippen LogP contribution in [0.15, 0.2) is 12.1 Å². The van der Waals surface area contributed by atoms with Gasteiger partial charge >= 0.3 is 0 Å². The molecule has 0 unspecified atom stereocenters. The van der Waals surface area contributed by atoms with Crippen LogP contribution in [0.4, 0.5) is 5.69 Å². The fraction of sp³-hybridized carbons (Fsp3) is 0.500. The number of hydrogen-bond donors (Lipinski definition) is 2. The van der Waals surface area contributed by atoms with Crippen molar-refractivity contribution in [1.29, 1.82) is 0 Å². The maximum atomic E-state index is 11.5. The van der Waals surface area contributed by atoms with Crippen molar-refractivity contribution in [2.45, 2.75) is 39.2 Å². The van der Waals surface area contributed by atoms with Crippen molar-refractivity contribution in [3.05, 3.63) is 23.3 Å². The van der Waals surface area contributed by atoms with E-state index in [1.54, 1.807) is 0 Å². The number of nitrogens with two attached hydrogens (primary N) is 1. The van der Waals surface area contributed by atoms with Crippen LogP contribution < -0.4 is 15.8 Å². The summed E-state index contributed by atoms with van der Waals surface area (Å²) in [6.45, 7) is 4.30. The fourth-order valence-corrected chi connectivity index (χ4v) is 1.84. The molecule has 1 aliphatic carbocycles. The van der Waals surface area contributed by atoms with Gasteiger partial charge in [0.2, 0.25) is 5.91 Å². The van der Waals surface area contributed by atoms with Crippen LogP contribution in [0, 0.1) is 13.8 Å². The summed E-state index contributed by atoms with van der Waals surface area (Å²) in [6, 6.07) is 4.22. The van der Waals surface area contributed by atoms with Crippen LogP contribution in [-0.4, -0.2) is 18.6 Å². The minimum Gasteiger partial charge on any atom is -0.492 e. The van der Waals surface area contributed by atoms with Crippen LogP contribution >= 0.6 is 0 Å². The molecule has 1 aliphatic rings. The molecule has 0 spiro atoms. The van der Waals surface area contributed by atoms with Crippen LogP contribution in [0.2, 0.25) is 0 Å². The molecule has 1 saturated carbocycles. The number of nitrogens with one attached hydrogen (secondary N) is 1. The molecule has 0 aromatic heterocycles. The van der Waals surface area contributed by atoms with E-state index < -0.39 is 0 Å². The third kappa shape index (κ3) is 3.15. The summed E-state index contributed by atoms with van der Waals surface area (Å²) in [4.78, 5) is 11.5. The lowest BCUT2D eigenvalue weighted by atomic mass is 10.1. The second kappa shape index (κ2) is 5.29. The molecule has 1 aromatic rings. The number of amides is 1. The predicted octanol–water partition coefficient (Wildman–Crippen LogP) is 1.93. The molecular weight excluding hydrogens is 228 g/mol. The first-order valence-electron chi connectivity index (χ1n) is 6.36. The van der Waals surface area contributed by atoms with Crippen molar-refractivity contribution in [1.82, 2.24) is 5.32 Å². The third-order valence-corrected chi connectivity index (χ3v) is 3.16. The van der Waals surface area contributed by atoms with Crippen LogP contribution in [0.1, 0.15) is 30.4 Å². The van der Waals surface area contributed by atoms with E-state index in [1.165, 1.54) is 0 Å². The van der Waals surface area contributed by atoms with E-state index in [0.717, 1.165) is 35.4 Å². The van der Waals surface area contributed by atoms with Gasteiger partial charge in [0.15, 0.2) is 0 Å². The van der Waals surface area contributed by atoms with Crippen LogP contribution in [0.25, 0.3) is 0 Å². The molecule has 18 heavy (non-hydrogen) atoms. The zero-order chi connectivity index (χ0) is 13.1. The van der Waals surface area contributed by atoms with Gasteiger partial charge in [-0.1, -0.05) is 6.07 Å². The summed E-state index contributed by atoms with van der Waals surface area (Å²) in [5.41, 5.74) is 8.54. The van der Waals surface area contributed by atoms with Crippen LogP contribution in [-0.2, 0) is 4.79 Å². The summed E-state index contributed by atoms with van der Waals surface area (Å²) < 4.78 is 5.68. The molecule has 4 heteroatoms. The molecular formula is C14H20N2O2. The lowest BCUT2D eigenvalue weighted by Gasteiger charge is -2.13. The molecule has 0 saturated heterocycles. The summed E-state index contributed by atoms with van der Waals surface area (Å²) in [7, 11) is 0. The van der Waals surface area contributed by atoms with Gasteiger partial charge in [0.25, 0.3) is 0 Å². The van der Waals surface area contributed by atoms with Gasteiger partial charge in [0.1, 0.15) is 5.75 Å². The summed E-state index contributed by atoms with van der Waals surface area (Å²) in [5.74, 6) is 0.867. The standard InChI is InChI=1S/C14H20N2O2/c1-9-3-6-12(15)10(2)14(9)18-8-7-13(17)16-11-4-5-11/h3,6,11H,4-5,7-8,15H2,1-2H3,(H,16,17). The number of aryl methyl sites for hydroxylation is 1. The van der Waals surface area contributed by atoms with E-state index in [0.29, 0.717) is 19.1 Å². The Morgan fingerprint density at radius 2 is 2.17 bits per heavy atom. The zero-order valence-corrected chi connectivity index (χ0v) is 11.0. The number of carbonyl (C=O) groups is 1. The highest BCUT2D eigenvalue weighted by atomic mass is 16.5. The van der Waals surface area contributed by atoms with E-state index >= 15 is 0 Å². The molecule has 98 valence electrons. The molecule has 2 rings (SSSR count). The Bertz CT molecular complexity index is 453. The number of rotatable bonds is 5. The van der Waals surface area contributed by atoms with E-state index in [-0.39, 0.29) is 5.91 Å². The van der Waals surface area contributed by atoms with Gasteiger partial charge in [-0.25, -0.2) is 0 Å². The number of anilines is 1. The second-order valence-electron chi connectivity index (χ2n) is 4.87. The largest absolute Gasteiger partial charge is 0.492 e. The number of hydrogen-bond acceptors (Lipinski definition) is 3. The van der Waals surface area contributed by atoms with Gasteiger partial charge in [-0.2, -0.15) is 0 Å². The highest BCUT2D eigenvalue weighted by molar-refractivity contribution is 5.76. The minimum absolute atomic E-state index is 0.0664. The van der Waals surface area contributed by atoms with Gasteiger partial charge in [-0.15, -0.1) is 0 Å². The zero-order valence-electron chi connectivity index (χ0n) is 11.0. The molecule has 3 N–H and O–H groups in total. The van der Waals surface area contributed by atoms with Crippen molar-refractivity contribution in [2.24, 2.45) is 0 Å². The van der Waals surface area contributed by atoms with Crippen LogP contribution in [0.3, 0.4) is 0 Å². The van der Waals surface area contributed by atoms with Crippen molar-refractivity contribution in [2.75, 3.05) is 12.3 Å². The number of nitrogen functional groups attached to an aromatic ring is 1. The first kappa shape index (κ1) is 12.7. The van der Waals surface area contributed by atoms with E-state index in [4.69, 9.17) is 10.5 Å². The monoisotopic (exact) mass is 248 g/mol. The Morgan fingerprint density at radius 3 is 2.83 bits per heavy atom. The van der Waals surface area contributed by atoms with Crippen molar-refractivity contribution < 1.29 is 9.53 Å². The van der Waals surface area contributed by atoms with E-state index in [2.05, 4.69) is 5.32 Å². The Balaban J connectivity index is 1.85. The number of carbonyl (C=O) groups excluding carboxylic acids is 1. The van der Waals surface area contributed by atoms with Crippen molar-refractivity contribution in [3.63, 3.8) is 0 Å². The maximum absolute atomic E-state index is 11.5. The minimum atomic E-state index is 0.0664. The lowest BCUT2D eigenvalue weighted by molar-refractivity contribution is -0.121. The van der Waals surface area contributed by atoms with Gasteiger partial charge in [-0.3, -0.25) is 4.79 Å². The van der Waals surface area contributed by atoms with Crippen molar-refractivity contribution in [3.8, 4) is 5.75 Å². The Morgan fingerprint density at radius 1 is 1.44 bits per heavy atom. The molecule has 0 atom stereocenters. The summed E-state index contributed by atoms with van der Waals surface area (Å²) in [5, 5.41) is 2.94. The van der Waals surface area contributed by atoms with E-state index in [1.807, 2.05) is 26.0 Å². The van der Waals surface area contributed by atoms with Crippen LogP contribution in [0.5, 0.6) is 5.75 Å². The average Bonchev–Trinajstić information content (AvgIpc) is 3.12. The molecule has 0 radical (unpaired) electrons. The highest BCUT2D eigenvalue weighted by Crippen LogP contribution is 2.27. The summed E-state index contributed by atoms with van der Waals surface area (Å²) >= 11 is 0. The smallest absolute Gasteiger partial charge is 0.223 e.